The Morgan fingerprint density at radius 1 is 1.62 bits per heavy atom. The largest absolute Gasteiger partial charge is 0.496 e. The van der Waals surface area contributed by atoms with Gasteiger partial charge in [-0.15, -0.1) is 0 Å². The monoisotopic (exact) mass is 219 g/mol. The van der Waals surface area contributed by atoms with E-state index in [1.165, 1.54) is 31.4 Å². The molecule has 0 saturated heterocycles. The normalized spacial score (nSPS) is 10.0. The molecule has 16 heavy (non-hydrogen) atoms. The number of ether oxygens (including phenoxy) is 1. The maximum absolute atomic E-state index is 10.7. The van der Waals surface area contributed by atoms with Crippen LogP contribution in [0.5, 0.6) is 5.75 Å². The molecule has 82 valence electrons. The van der Waals surface area contributed by atoms with E-state index in [4.69, 9.17) is 15.7 Å². The van der Waals surface area contributed by atoms with Crippen molar-refractivity contribution in [3.05, 3.63) is 33.9 Å². The first-order valence-corrected chi connectivity index (χ1v) is 4.28. The maximum Gasteiger partial charge on any atom is 0.296 e. The van der Waals surface area contributed by atoms with E-state index in [2.05, 4.69) is 0 Å². The maximum atomic E-state index is 10.7. The minimum atomic E-state index is -0.596. The van der Waals surface area contributed by atoms with Crippen LogP contribution in [0.2, 0.25) is 0 Å². The van der Waals surface area contributed by atoms with Crippen LogP contribution in [0, 0.1) is 21.4 Å². The number of hydrogen-bond acceptors (Lipinski definition) is 5. The smallest absolute Gasteiger partial charge is 0.296 e. The SMILES string of the molecule is COc1cc(C=CC#N)c(N)c([N+](=O)[O-])c1. The van der Waals surface area contributed by atoms with Gasteiger partial charge < -0.3 is 10.5 Å². The minimum absolute atomic E-state index is 0.0114. The van der Waals surface area contributed by atoms with Crippen LogP contribution in [0.25, 0.3) is 6.08 Å². The molecule has 0 radical (unpaired) electrons. The number of hydrogen-bond donors (Lipinski definition) is 1. The summed E-state index contributed by atoms with van der Waals surface area (Å²) in [4.78, 5) is 10.1. The number of nitrogens with two attached hydrogens (primary N) is 1. The third-order valence-corrected chi connectivity index (χ3v) is 1.93. The second kappa shape index (κ2) is 4.79. The van der Waals surface area contributed by atoms with Crippen molar-refractivity contribution >= 4 is 17.5 Å². The van der Waals surface area contributed by atoms with Gasteiger partial charge in [-0.05, 0) is 12.1 Å². The Morgan fingerprint density at radius 3 is 2.81 bits per heavy atom. The Morgan fingerprint density at radius 2 is 2.31 bits per heavy atom. The Hall–Kier alpha value is -2.55. The predicted molar refractivity (Wildman–Crippen MR) is 58.7 cm³/mol. The van der Waals surface area contributed by atoms with Crippen molar-refractivity contribution < 1.29 is 9.66 Å². The molecule has 0 atom stereocenters. The molecule has 0 amide bonds. The molecule has 0 unspecified atom stereocenters. The second-order valence-electron chi connectivity index (χ2n) is 2.87. The fourth-order valence-corrected chi connectivity index (χ4v) is 1.17. The summed E-state index contributed by atoms with van der Waals surface area (Å²) in [5.41, 5.74) is 5.75. The molecule has 1 aromatic rings. The van der Waals surface area contributed by atoms with Crippen molar-refractivity contribution in [3.8, 4) is 11.8 Å². The molecule has 6 nitrogen and oxygen atoms in total. The molecule has 0 saturated carbocycles. The van der Waals surface area contributed by atoms with Crippen LogP contribution >= 0.6 is 0 Å². The molecule has 1 aromatic carbocycles. The summed E-state index contributed by atoms with van der Waals surface area (Å²) in [5.74, 6) is 0.318. The van der Waals surface area contributed by atoms with Gasteiger partial charge in [0.25, 0.3) is 5.69 Å². The molecule has 0 bridgehead atoms. The molecular formula is C10H9N3O3. The standard InChI is InChI=1S/C10H9N3O3/c1-16-8-5-7(3-2-4-11)10(12)9(6-8)13(14)15/h2-3,5-6H,12H2,1H3. The number of nitriles is 1. The number of methoxy groups -OCH3 is 1. The van der Waals surface area contributed by atoms with Gasteiger partial charge in [-0.3, -0.25) is 10.1 Å². The highest BCUT2D eigenvalue weighted by molar-refractivity contribution is 5.75. The quantitative estimate of drug-likeness (QED) is 0.361. The van der Waals surface area contributed by atoms with E-state index >= 15 is 0 Å². The molecule has 1 rings (SSSR count). The molecule has 0 aliphatic carbocycles. The first-order chi connectivity index (χ1) is 7.60. The highest BCUT2D eigenvalue weighted by Gasteiger charge is 2.16. The molecule has 0 heterocycles. The van der Waals surface area contributed by atoms with Crippen LogP contribution < -0.4 is 10.5 Å². The van der Waals surface area contributed by atoms with Crippen molar-refractivity contribution in [1.82, 2.24) is 0 Å². The lowest BCUT2D eigenvalue weighted by Crippen LogP contribution is -1.99. The fraction of sp³-hybridized carbons (Fsp3) is 0.100. The second-order valence-corrected chi connectivity index (χ2v) is 2.87. The summed E-state index contributed by atoms with van der Waals surface area (Å²) >= 11 is 0. The van der Waals surface area contributed by atoms with E-state index in [0.717, 1.165) is 0 Å². The van der Waals surface area contributed by atoms with E-state index in [9.17, 15) is 10.1 Å². The van der Waals surface area contributed by atoms with E-state index < -0.39 is 4.92 Å². The lowest BCUT2D eigenvalue weighted by Gasteiger charge is -2.05. The van der Waals surface area contributed by atoms with E-state index in [0.29, 0.717) is 11.3 Å². The third-order valence-electron chi connectivity index (χ3n) is 1.93. The molecule has 0 fully saturated rings. The van der Waals surface area contributed by atoms with Gasteiger partial charge in [-0.25, -0.2) is 0 Å². The van der Waals surface area contributed by atoms with Crippen LogP contribution in [0.15, 0.2) is 18.2 Å². The summed E-state index contributed by atoms with van der Waals surface area (Å²) in [5, 5.41) is 19.1. The van der Waals surface area contributed by atoms with Gasteiger partial charge in [0.15, 0.2) is 0 Å². The Bertz CT molecular complexity index is 489. The van der Waals surface area contributed by atoms with Gasteiger partial charge in [0.1, 0.15) is 11.4 Å². The van der Waals surface area contributed by atoms with Crippen molar-refractivity contribution in [1.29, 1.82) is 5.26 Å². The van der Waals surface area contributed by atoms with Gasteiger partial charge in [0.2, 0.25) is 0 Å². The van der Waals surface area contributed by atoms with Gasteiger partial charge in [-0.1, -0.05) is 0 Å². The molecule has 2 N–H and O–H groups in total. The number of rotatable bonds is 3. The van der Waals surface area contributed by atoms with E-state index in [1.54, 1.807) is 6.07 Å². The molecule has 0 aliphatic rings. The minimum Gasteiger partial charge on any atom is -0.496 e. The Labute approximate surface area is 91.7 Å². The Kier molecular flexibility index (Phi) is 3.45. The van der Waals surface area contributed by atoms with Crippen molar-refractivity contribution in [2.24, 2.45) is 0 Å². The third kappa shape index (κ3) is 2.27. The molecule has 0 aromatic heterocycles. The van der Waals surface area contributed by atoms with Gasteiger partial charge in [-0.2, -0.15) is 5.26 Å². The number of benzene rings is 1. The Balaban J connectivity index is 3.38. The van der Waals surface area contributed by atoms with Crippen LogP contribution in [0.4, 0.5) is 11.4 Å². The highest BCUT2D eigenvalue weighted by Crippen LogP contribution is 2.31. The van der Waals surface area contributed by atoms with Crippen LogP contribution in [-0.4, -0.2) is 12.0 Å². The van der Waals surface area contributed by atoms with Crippen molar-refractivity contribution in [3.63, 3.8) is 0 Å². The van der Waals surface area contributed by atoms with Gasteiger partial charge in [0.05, 0.1) is 24.2 Å². The van der Waals surface area contributed by atoms with Crippen molar-refractivity contribution in [2.75, 3.05) is 12.8 Å². The fourth-order valence-electron chi connectivity index (χ4n) is 1.17. The summed E-state index contributed by atoms with van der Waals surface area (Å²) in [6.45, 7) is 0. The first-order valence-electron chi connectivity index (χ1n) is 4.28. The number of allylic oxidation sites excluding steroid dienone is 1. The summed E-state index contributed by atoms with van der Waals surface area (Å²) < 4.78 is 4.90. The molecule has 0 spiro atoms. The number of nitrogens with zero attached hydrogens (tertiary/aromatic N) is 2. The first kappa shape index (κ1) is 11.5. The summed E-state index contributed by atoms with van der Waals surface area (Å²) in [6.07, 6.45) is 2.58. The van der Waals surface area contributed by atoms with Crippen LogP contribution in [-0.2, 0) is 0 Å². The highest BCUT2D eigenvalue weighted by atomic mass is 16.6. The van der Waals surface area contributed by atoms with Gasteiger partial charge >= 0.3 is 0 Å². The predicted octanol–water partition coefficient (Wildman–Crippen LogP) is 1.72. The zero-order valence-corrected chi connectivity index (χ0v) is 8.51. The summed E-state index contributed by atoms with van der Waals surface area (Å²) in [6, 6.07) is 4.54. The zero-order valence-electron chi connectivity index (χ0n) is 8.51. The van der Waals surface area contributed by atoms with Crippen LogP contribution in [0.1, 0.15) is 5.56 Å². The zero-order chi connectivity index (χ0) is 12.1. The van der Waals surface area contributed by atoms with Crippen LogP contribution in [0.3, 0.4) is 0 Å². The molecular weight excluding hydrogens is 210 g/mol. The number of nitro benzene ring substituents is 1. The molecule has 6 heteroatoms. The average molecular weight is 219 g/mol. The lowest BCUT2D eigenvalue weighted by atomic mass is 10.1. The van der Waals surface area contributed by atoms with Gasteiger partial charge in [0, 0.05) is 11.6 Å². The molecule has 0 aliphatic heterocycles. The summed E-state index contributed by atoms with van der Waals surface area (Å²) in [7, 11) is 1.40. The number of nitro groups is 1. The number of anilines is 1. The van der Waals surface area contributed by atoms with E-state index in [1.807, 2.05) is 0 Å². The lowest BCUT2D eigenvalue weighted by molar-refractivity contribution is -0.384. The topological polar surface area (TPSA) is 102 Å². The average Bonchev–Trinajstić information content (AvgIpc) is 2.27. The van der Waals surface area contributed by atoms with Crippen molar-refractivity contribution in [2.45, 2.75) is 0 Å². The number of nitrogen functional groups attached to an aromatic ring is 1. The van der Waals surface area contributed by atoms with E-state index in [-0.39, 0.29) is 11.4 Å².